The van der Waals surface area contributed by atoms with E-state index in [1.807, 2.05) is 41.3 Å². The third kappa shape index (κ3) is 5.06. The maximum atomic E-state index is 12.9. The van der Waals surface area contributed by atoms with Crippen molar-refractivity contribution in [3.63, 3.8) is 0 Å². The molecule has 0 atom stereocenters. The molecular formula is C25H24ClN3O2. The van der Waals surface area contributed by atoms with Crippen LogP contribution in [-0.2, 0) is 4.79 Å². The van der Waals surface area contributed by atoms with Crippen molar-refractivity contribution < 1.29 is 9.59 Å². The van der Waals surface area contributed by atoms with Crippen LogP contribution in [0.3, 0.4) is 0 Å². The Labute approximate surface area is 187 Å². The Balaban J connectivity index is 1.38. The number of carbonyl (C=O) groups is 2. The van der Waals surface area contributed by atoms with E-state index >= 15 is 0 Å². The van der Waals surface area contributed by atoms with Gasteiger partial charge >= 0.3 is 0 Å². The first-order valence-electron chi connectivity index (χ1n) is 10.3. The van der Waals surface area contributed by atoms with Gasteiger partial charge in [0.25, 0.3) is 0 Å². The number of hydrogen-bond donors (Lipinski definition) is 1. The maximum absolute atomic E-state index is 12.9. The summed E-state index contributed by atoms with van der Waals surface area (Å²) in [6.07, 6.45) is 0. The Morgan fingerprint density at radius 1 is 0.839 bits per heavy atom. The summed E-state index contributed by atoms with van der Waals surface area (Å²) in [5, 5.41) is 3.63. The highest BCUT2D eigenvalue weighted by Gasteiger charge is 2.22. The Bertz CT molecular complexity index is 1050. The molecule has 0 spiro atoms. The summed E-state index contributed by atoms with van der Waals surface area (Å²) >= 11 is 6.14. The number of piperazine rings is 1. The van der Waals surface area contributed by atoms with Crippen molar-refractivity contribution in [2.45, 2.75) is 0 Å². The van der Waals surface area contributed by atoms with Crippen molar-refractivity contribution in [1.29, 1.82) is 0 Å². The number of hydrogen-bond acceptors (Lipinski definition) is 4. The molecule has 158 valence electrons. The molecule has 0 bridgehead atoms. The first kappa shape index (κ1) is 20.9. The van der Waals surface area contributed by atoms with Gasteiger partial charge in [0, 0.05) is 53.7 Å². The highest BCUT2D eigenvalue weighted by molar-refractivity contribution is 6.31. The number of halogens is 1. The van der Waals surface area contributed by atoms with E-state index < -0.39 is 0 Å². The minimum absolute atomic E-state index is 0.0146. The molecule has 3 aromatic rings. The lowest BCUT2D eigenvalue weighted by atomic mass is 10.0. The van der Waals surface area contributed by atoms with Gasteiger partial charge in [0.05, 0.1) is 6.54 Å². The first-order chi connectivity index (χ1) is 15.1. The zero-order chi connectivity index (χ0) is 21.6. The Morgan fingerprint density at radius 2 is 1.48 bits per heavy atom. The van der Waals surface area contributed by atoms with Crippen LogP contribution in [0.5, 0.6) is 0 Å². The van der Waals surface area contributed by atoms with E-state index in [4.69, 9.17) is 11.6 Å². The number of rotatable bonds is 6. The fourth-order valence-corrected chi connectivity index (χ4v) is 3.91. The molecule has 1 aliphatic heterocycles. The van der Waals surface area contributed by atoms with Gasteiger partial charge in [-0.05, 0) is 30.3 Å². The predicted octanol–water partition coefficient (Wildman–Crippen LogP) is 4.33. The minimum atomic E-state index is -0.130. The smallest absolute Gasteiger partial charge is 0.241 e. The van der Waals surface area contributed by atoms with Crippen LogP contribution in [0.25, 0.3) is 0 Å². The van der Waals surface area contributed by atoms with E-state index in [2.05, 4.69) is 22.3 Å². The monoisotopic (exact) mass is 433 g/mol. The van der Waals surface area contributed by atoms with Gasteiger partial charge in [-0.15, -0.1) is 0 Å². The van der Waals surface area contributed by atoms with Gasteiger partial charge in [-0.3, -0.25) is 9.59 Å². The van der Waals surface area contributed by atoms with Crippen LogP contribution in [0.2, 0.25) is 5.02 Å². The molecule has 1 N–H and O–H groups in total. The summed E-state index contributed by atoms with van der Waals surface area (Å²) in [6, 6.07) is 24.4. The fourth-order valence-electron chi connectivity index (χ4n) is 3.74. The molecule has 4 rings (SSSR count). The van der Waals surface area contributed by atoms with Crippen LogP contribution in [0.4, 0.5) is 11.4 Å². The van der Waals surface area contributed by atoms with Crippen LogP contribution in [-0.4, -0.2) is 49.3 Å². The zero-order valence-corrected chi connectivity index (χ0v) is 17.9. The summed E-state index contributed by atoms with van der Waals surface area (Å²) in [5.74, 6) is -0.115. The molecule has 0 aromatic heterocycles. The van der Waals surface area contributed by atoms with Gasteiger partial charge in [-0.1, -0.05) is 60.1 Å². The number of nitrogens with zero attached hydrogens (tertiary/aromatic N) is 2. The molecule has 0 saturated carbocycles. The number of nitrogens with one attached hydrogen (secondary N) is 1. The van der Waals surface area contributed by atoms with Crippen molar-refractivity contribution in [1.82, 2.24) is 4.90 Å². The van der Waals surface area contributed by atoms with Gasteiger partial charge in [0.1, 0.15) is 0 Å². The molecule has 5 nitrogen and oxygen atoms in total. The van der Waals surface area contributed by atoms with Crippen LogP contribution in [0.15, 0.2) is 78.9 Å². The average Bonchev–Trinajstić information content (AvgIpc) is 2.84. The summed E-state index contributed by atoms with van der Waals surface area (Å²) in [5.41, 5.74) is 2.82. The van der Waals surface area contributed by atoms with E-state index in [0.29, 0.717) is 34.9 Å². The molecule has 1 amide bonds. The molecule has 0 radical (unpaired) electrons. The fraction of sp³-hybridized carbons (Fsp3) is 0.200. The van der Waals surface area contributed by atoms with Gasteiger partial charge < -0.3 is 15.1 Å². The largest absolute Gasteiger partial charge is 0.376 e. The molecule has 1 aliphatic rings. The Kier molecular flexibility index (Phi) is 6.53. The average molecular weight is 434 g/mol. The summed E-state index contributed by atoms with van der Waals surface area (Å²) in [4.78, 5) is 29.9. The van der Waals surface area contributed by atoms with E-state index in [-0.39, 0.29) is 18.2 Å². The Hall–Kier alpha value is -3.31. The van der Waals surface area contributed by atoms with Crippen molar-refractivity contribution >= 4 is 34.7 Å². The summed E-state index contributed by atoms with van der Waals surface area (Å²) in [6.45, 7) is 3.07. The molecule has 1 fully saturated rings. The lowest BCUT2D eigenvalue weighted by Gasteiger charge is -2.36. The SMILES string of the molecule is O=C(c1ccccc1)c1cc(Cl)ccc1NCC(=O)N1CCN(c2ccccc2)CC1. The van der Waals surface area contributed by atoms with Crippen LogP contribution >= 0.6 is 11.6 Å². The molecular weight excluding hydrogens is 410 g/mol. The van der Waals surface area contributed by atoms with Gasteiger partial charge in [0.2, 0.25) is 5.91 Å². The van der Waals surface area contributed by atoms with Crippen molar-refractivity contribution in [2.75, 3.05) is 42.9 Å². The number of amides is 1. The third-order valence-corrected chi connectivity index (χ3v) is 5.68. The normalized spacial score (nSPS) is 13.7. The second-order valence-corrected chi connectivity index (χ2v) is 7.88. The number of benzene rings is 3. The quantitative estimate of drug-likeness (QED) is 0.588. The van der Waals surface area contributed by atoms with E-state index in [0.717, 1.165) is 13.1 Å². The molecule has 6 heteroatoms. The lowest BCUT2D eigenvalue weighted by molar-refractivity contribution is -0.129. The summed E-state index contributed by atoms with van der Waals surface area (Å²) < 4.78 is 0. The number of carbonyl (C=O) groups excluding carboxylic acids is 2. The second-order valence-electron chi connectivity index (χ2n) is 7.44. The zero-order valence-electron chi connectivity index (χ0n) is 17.1. The van der Waals surface area contributed by atoms with Gasteiger partial charge in [0.15, 0.2) is 5.78 Å². The van der Waals surface area contributed by atoms with Crippen LogP contribution in [0, 0.1) is 0 Å². The molecule has 0 unspecified atom stereocenters. The Morgan fingerprint density at radius 3 is 2.16 bits per heavy atom. The van der Waals surface area contributed by atoms with E-state index in [1.54, 1.807) is 30.3 Å². The van der Waals surface area contributed by atoms with Crippen LogP contribution < -0.4 is 10.2 Å². The number of ketones is 1. The standard InChI is InChI=1S/C25H24ClN3O2/c26-20-11-12-23(22(17-20)25(31)19-7-3-1-4-8-19)27-18-24(30)29-15-13-28(14-16-29)21-9-5-2-6-10-21/h1-12,17,27H,13-16,18H2. The first-order valence-corrected chi connectivity index (χ1v) is 10.7. The highest BCUT2D eigenvalue weighted by Crippen LogP contribution is 2.24. The van der Waals surface area contributed by atoms with E-state index in [9.17, 15) is 9.59 Å². The molecule has 1 heterocycles. The lowest BCUT2D eigenvalue weighted by Crippen LogP contribution is -2.50. The minimum Gasteiger partial charge on any atom is -0.376 e. The number of para-hydroxylation sites is 1. The maximum Gasteiger partial charge on any atom is 0.241 e. The topological polar surface area (TPSA) is 52.7 Å². The highest BCUT2D eigenvalue weighted by atomic mass is 35.5. The summed E-state index contributed by atoms with van der Waals surface area (Å²) in [7, 11) is 0. The predicted molar refractivity (Wildman–Crippen MR) is 125 cm³/mol. The molecule has 1 saturated heterocycles. The third-order valence-electron chi connectivity index (χ3n) is 5.45. The van der Waals surface area contributed by atoms with Crippen LogP contribution in [0.1, 0.15) is 15.9 Å². The number of anilines is 2. The molecule has 31 heavy (non-hydrogen) atoms. The molecule has 3 aromatic carbocycles. The van der Waals surface area contributed by atoms with Gasteiger partial charge in [-0.2, -0.15) is 0 Å². The molecule has 0 aliphatic carbocycles. The van der Waals surface area contributed by atoms with E-state index in [1.165, 1.54) is 5.69 Å². The van der Waals surface area contributed by atoms with Gasteiger partial charge in [-0.25, -0.2) is 0 Å². The van der Waals surface area contributed by atoms with Crippen molar-refractivity contribution in [3.05, 3.63) is 95.0 Å². The van der Waals surface area contributed by atoms with Crippen molar-refractivity contribution in [3.8, 4) is 0 Å². The van der Waals surface area contributed by atoms with Crippen molar-refractivity contribution in [2.24, 2.45) is 0 Å². The second kappa shape index (κ2) is 9.67.